The molecule has 1 aromatic rings. The number of β-amino-alcohol motifs (C(OH)–C–C–N with tert-alkyl or cyclic N) is 2. The third-order valence-electron chi connectivity index (χ3n) is 4.80. The molecule has 4 heteroatoms. The second-order valence-electron chi connectivity index (χ2n) is 6.88. The van der Waals surface area contributed by atoms with E-state index in [4.69, 9.17) is 0 Å². The summed E-state index contributed by atoms with van der Waals surface area (Å²) in [6, 6.07) is 8.82. The van der Waals surface area contributed by atoms with Gasteiger partial charge in [-0.2, -0.15) is 0 Å². The molecule has 2 fully saturated rings. The number of benzene rings is 1. The Morgan fingerprint density at radius 3 is 1.55 bits per heavy atom. The van der Waals surface area contributed by atoms with Crippen LogP contribution in [0.5, 0.6) is 0 Å². The Bertz CT molecular complexity index is 420. The van der Waals surface area contributed by atoms with E-state index in [2.05, 4.69) is 34.1 Å². The molecule has 0 saturated carbocycles. The van der Waals surface area contributed by atoms with E-state index < -0.39 is 0 Å². The highest BCUT2D eigenvalue weighted by Gasteiger charge is 2.18. The number of aliphatic hydroxyl groups is 2. The van der Waals surface area contributed by atoms with Crippen molar-refractivity contribution in [2.45, 2.75) is 51.0 Å². The van der Waals surface area contributed by atoms with Crippen LogP contribution in [0.3, 0.4) is 0 Å². The number of likely N-dealkylation sites (tertiary alicyclic amines) is 2. The van der Waals surface area contributed by atoms with Crippen molar-refractivity contribution in [3.63, 3.8) is 0 Å². The molecule has 0 aromatic heterocycles. The van der Waals surface area contributed by atoms with Crippen LogP contribution in [0.2, 0.25) is 0 Å². The van der Waals surface area contributed by atoms with Gasteiger partial charge < -0.3 is 10.2 Å². The van der Waals surface area contributed by atoms with Crippen LogP contribution in [0.15, 0.2) is 24.3 Å². The van der Waals surface area contributed by atoms with Crippen LogP contribution in [-0.4, -0.2) is 58.4 Å². The molecule has 22 heavy (non-hydrogen) atoms. The van der Waals surface area contributed by atoms with E-state index in [9.17, 15) is 10.2 Å². The Morgan fingerprint density at radius 1 is 0.773 bits per heavy atom. The second kappa shape index (κ2) is 7.55. The summed E-state index contributed by atoms with van der Waals surface area (Å²) >= 11 is 0. The zero-order chi connectivity index (χ0) is 15.4. The summed E-state index contributed by atoms with van der Waals surface area (Å²) in [5.41, 5.74) is 2.63. The highest BCUT2D eigenvalue weighted by molar-refractivity contribution is 5.22. The fourth-order valence-corrected chi connectivity index (χ4v) is 3.62. The third-order valence-corrected chi connectivity index (χ3v) is 4.80. The second-order valence-corrected chi connectivity index (χ2v) is 6.88. The van der Waals surface area contributed by atoms with Gasteiger partial charge in [-0.1, -0.05) is 24.3 Å². The average Bonchev–Trinajstić information content (AvgIpc) is 2.49. The molecule has 122 valence electrons. The summed E-state index contributed by atoms with van der Waals surface area (Å²) in [5.74, 6) is 0. The monoisotopic (exact) mass is 304 g/mol. The number of hydrogen-bond donors (Lipinski definition) is 2. The SMILES string of the molecule is OC1CCCN(Cc2ccc(CN3CCCC(O)C3)cc2)C1. The summed E-state index contributed by atoms with van der Waals surface area (Å²) in [6.45, 7) is 5.63. The van der Waals surface area contributed by atoms with Crippen LogP contribution in [0, 0.1) is 0 Å². The highest BCUT2D eigenvalue weighted by atomic mass is 16.3. The van der Waals surface area contributed by atoms with Crippen molar-refractivity contribution in [1.82, 2.24) is 9.80 Å². The maximum atomic E-state index is 9.74. The van der Waals surface area contributed by atoms with Crippen molar-refractivity contribution >= 4 is 0 Å². The fourth-order valence-electron chi connectivity index (χ4n) is 3.62. The van der Waals surface area contributed by atoms with Gasteiger partial charge in [-0.3, -0.25) is 9.80 Å². The van der Waals surface area contributed by atoms with Crippen molar-refractivity contribution in [3.8, 4) is 0 Å². The Kier molecular flexibility index (Phi) is 5.47. The third kappa shape index (κ3) is 4.53. The van der Waals surface area contributed by atoms with Gasteiger partial charge in [-0.05, 0) is 49.9 Å². The van der Waals surface area contributed by atoms with Gasteiger partial charge in [0.1, 0.15) is 0 Å². The molecule has 2 atom stereocenters. The molecule has 2 heterocycles. The lowest BCUT2D eigenvalue weighted by molar-refractivity contribution is 0.0661. The minimum Gasteiger partial charge on any atom is -0.392 e. The molecule has 2 saturated heterocycles. The summed E-state index contributed by atoms with van der Waals surface area (Å²) in [4.78, 5) is 4.67. The maximum absolute atomic E-state index is 9.74. The zero-order valence-electron chi connectivity index (χ0n) is 13.3. The number of hydrogen-bond acceptors (Lipinski definition) is 4. The van der Waals surface area contributed by atoms with Crippen molar-refractivity contribution in [2.24, 2.45) is 0 Å². The van der Waals surface area contributed by atoms with Crippen LogP contribution in [0.25, 0.3) is 0 Å². The van der Waals surface area contributed by atoms with E-state index >= 15 is 0 Å². The van der Waals surface area contributed by atoms with E-state index in [0.29, 0.717) is 0 Å². The molecular formula is C18H28N2O2. The van der Waals surface area contributed by atoms with Crippen LogP contribution in [0.1, 0.15) is 36.8 Å². The van der Waals surface area contributed by atoms with E-state index in [1.165, 1.54) is 11.1 Å². The average molecular weight is 304 g/mol. The smallest absolute Gasteiger partial charge is 0.0667 e. The van der Waals surface area contributed by atoms with Gasteiger partial charge in [-0.25, -0.2) is 0 Å². The van der Waals surface area contributed by atoms with Crippen molar-refractivity contribution < 1.29 is 10.2 Å². The fraction of sp³-hybridized carbons (Fsp3) is 0.667. The molecule has 3 rings (SSSR count). The first-order valence-electron chi connectivity index (χ1n) is 8.58. The molecule has 1 aromatic carbocycles. The normalized spacial score (nSPS) is 27.9. The van der Waals surface area contributed by atoms with Gasteiger partial charge in [0.15, 0.2) is 0 Å². The predicted molar refractivity (Wildman–Crippen MR) is 87.5 cm³/mol. The lowest BCUT2D eigenvalue weighted by Gasteiger charge is -2.30. The van der Waals surface area contributed by atoms with E-state index in [0.717, 1.165) is 65.0 Å². The standard InChI is InChI=1S/C18H28N2O2/c21-17-3-1-9-19(13-17)11-15-5-7-16(8-6-15)12-20-10-2-4-18(22)14-20/h5-8,17-18,21-22H,1-4,9-14H2. The first-order chi connectivity index (χ1) is 10.7. The van der Waals surface area contributed by atoms with Gasteiger partial charge in [0.05, 0.1) is 12.2 Å². The molecular weight excluding hydrogens is 276 g/mol. The Hall–Kier alpha value is -0.940. The molecule has 2 unspecified atom stereocenters. The van der Waals surface area contributed by atoms with Crippen LogP contribution in [-0.2, 0) is 13.1 Å². The number of rotatable bonds is 4. The Balaban J connectivity index is 1.51. The Morgan fingerprint density at radius 2 is 1.18 bits per heavy atom. The van der Waals surface area contributed by atoms with Crippen LogP contribution >= 0.6 is 0 Å². The van der Waals surface area contributed by atoms with Crippen molar-refractivity contribution in [3.05, 3.63) is 35.4 Å². The molecule has 2 aliphatic heterocycles. The summed E-state index contributed by atoms with van der Waals surface area (Å²) in [5, 5.41) is 19.5. The first-order valence-corrected chi connectivity index (χ1v) is 8.58. The predicted octanol–water partition coefficient (Wildman–Crippen LogP) is 1.60. The number of nitrogens with zero attached hydrogens (tertiary/aromatic N) is 2. The van der Waals surface area contributed by atoms with Crippen LogP contribution < -0.4 is 0 Å². The largest absolute Gasteiger partial charge is 0.392 e. The molecule has 2 N–H and O–H groups in total. The first kappa shape index (κ1) is 15.9. The number of aliphatic hydroxyl groups excluding tert-OH is 2. The lowest BCUT2D eigenvalue weighted by Crippen LogP contribution is -2.38. The van der Waals surface area contributed by atoms with E-state index in [-0.39, 0.29) is 12.2 Å². The Labute approximate surface area is 133 Å². The minimum absolute atomic E-state index is 0.154. The van der Waals surface area contributed by atoms with E-state index in [1.54, 1.807) is 0 Å². The molecule has 2 aliphatic rings. The minimum atomic E-state index is -0.154. The number of piperidine rings is 2. The molecule has 0 amide bonds. The maximum Gasteiger partial charge on any atom is 0.0667 e. The van der Waals surface area contributed by atoms with Gasteiger partial charge >= 0.3 is 0 Å². The highest BCUT2D eigenvalue weighted by Crippen LogP contribution is 2.16. The molecule has 0 aliphatic carbocycles. The molecule has 0 spiro atoms. The molecule has 4 nitrogen and oxygen atoms in total. The summed E-state index contributed by atoms with van der Waals surface area (Å²) < 4.78 is 0. The summed E-state index contributed by atoms with van der Waals surface area (Å²) in [7, 11) is 0. The van der Waals surface area contributed by atoms with Gasteiger partial charge in [0.2, 0.25) is 0 Å². The molecule has 0 radical (unpaired) electrons. The van der Waals surface area contributed by atoms with Crippen molar-refractivity contribution in [2.75, 3.05) is 26.2 Å². The quantitative estimate of drug-likeness (QED) is 0.887. The zero-order valence-corrected chi connectivity index (χ0v) is 13.3. The van der Waals surface area contributed by atoms with Gasteiger partial charge in [0.25, 0.3) is 0 Å². The summed E-state index contributed by atoms with van der Waals surface area (Å²) in [6.07, 6.45) is 3.76. The van der Waals surface area contributed by atoms with Gasteiger partial charge in [-0.15, -0.1) is 0 Å². The van der Waals surface area contributed by atoms with Gasteiger partial charge in [0, 0.05) is 26.2 Å². The van der Waals surface area contributed by atoms with E-state index in [1.807, 2.05) is 0 Å². The van der Waals surface area contributed by atoms with Crippen LogP contribution in [0.4, 0.5) is 0 Å². The lowest BCUT2D eigenvalue weighted by atomic mass is 10.1. The topological polar surface area (TPSA) is 46.9 Å². The van der Waals surface area contributed by atoms with Crippen molar-refractivity contribution in [1.29, 1.82) is 0 Å². The molecule has 0 bridgehead atoms.